The van der Waals surface area contributed by atoms with Gasteiger partial charge >= 0.3 is 17.9 Å². The van der Waals surface area contributed by atoms with E-state index in [1.165, 1.54) is 38.5 Å². The van der Waals surface area contributed by atoms with Crippen molar-refractivity contribution < 1.29 is 28.6 Å². The van der Waals surface area contributed by atoms with Crippen LogP contribution in [0, 0.1) is 35.5 Å². The number of unbranched alkanes of at least 4 members (excludes halogenated alkanes) is 10. The Morgan fingerprint density at radius 3 is 1.17 bits per heavy atom. The molecule has 3 atom stereocenters. The first-order valence-corrected chi connectivity index (χ1v) is 22.9. The second kappa shape index (κ2) is 34.6. The molecule has 0 aliphatic carbocycles. The SMILES string of the molecule is CC(C)CCC(CCOC(=O)CCCCCCCCCC(CCCCCCCC(=O)OCCC(CCC(C)C)C(C)C)OC(=O)CCCN(C)C)C(C)C. The van der Waals surface area contributed by atoms with E-state index in [9.17, 15) is 14.4 Å². The van der Waals surface area contributed by atoms with Gasteiger partial charge in [0, 0.05) is 19.3 Å². The number of esters is 3. The van der Waals surface area contributed by atoms with Gasteiger partial charge in [0.25, 0.3) is 0 Å². The molecule has 320 valence electrons. The van der Waals surface area contributed by atoms with E-state index in [1.54, 1.807) is 0 Å². The maximum atomic E-state index is 12.6. The van der Waals surface area contributed by atoms with Crippen molar-refractivity contribution in [1.29, 1.82) is 0 Å². The first kappa shape index (κ1) is 52.4. The maximum Gasteiger partial charge on any atom is 0.306 e. The molecule has 0 aliphatic heterocycles. The number of hydrogen-bond donors (Lipinski definition) is 0. The lowest BCUT2D eigenvalue weighted by molar-refractivity contribution is -0.150. The largest absolute Gasteiger partial charge is 0.466 e. The lowest BCUT2D eigenvalue weighted by Crippen LogP contribution is -2.20. The predicted molar refractivity (Wildman–Crippen MR) is 227 cm³/mol. The van der Waals surface area contributed by atoms with Crippen LogP contribution in [0.4, 0.5) is 0 Å². The summed E-state index contributed by atoms with van der Waals surface area (Å²) in [5.74, 6) is 3.78. The molecule has 7 nitrogen and oxygen atoms in total. The van der Waals surface area contributed by atoms with E-state index in [1.807, 2.05) is 14.1 Å². The first-order chi connectivity index (χ1) is 25.7. The summed E-state index contributed by atoms with van der Waals surface area (Å²) in [7, 11) is 4.06. The zero-order valence-corrected chi connectivity index (χ0v) is 37.5. The van der Waals surface area contributed by atoms with Crippen LogP contribution in [0.25, 0.3) is 0 Å². The highest BCUT2D eigenvalue weighted by Gasteiger charge is 2.17. The van der Waals surface area contributed by atoms with E-state index in [2.05, 4.69) is 60.3 Å². The topological polar surface area (TPSA) is 82.1 Å². The van der Waals surface area contributed by atoms with Gasteiger partial charge in [0.05, 0.1) is 13.2 Å². The molecule has 0 fully saturated rings. The molecule has 0 N–H and O–H groups in total. The third kappa shape index (κ3) is 33.7. The predicted octanol–water partition coefficient (Wildman–Crippen LogP) is 12.8. The Hall–Kier alpha value is -1.63. The number of hydrogen-bond acceptors (Lipinski definition) is 7. The van der Waals surface area contributed by atoms with E-state index < -0.39 is 0 Å². The molecule has 0 aromatic rings. The average Bonchev–Trinajstić information content (AvgIpc) is 3.09. The Labute approximate surface area is 335 Å². The third-order valence-corrected chi connectivity index (χ3v) is 11.2. The van der Waals surface area contributed by atoms with E-state index in [4.69, 9.17) is 14.2 Å². The van der Waals surface area contributed by atoms with Crippen LogP contribution >= 0.6 is 0 Å². The Morgan fingerprint density at radius 1 is 0.426 bits per heavy atom. The van der Waals surface area contributed by atoms with Crippen LogP contribution in [0.5, 0.6) is 0 Å². The maximum absolute atomic E-state index is 12.6. The zero-order chi connectivity index (χ0) is 40.6. The molecule has 0 spiro atoms. The summed E-state index contributed by atoms with van der Waals surface area (Å²) in [5, 5.41) is 0. The normalized spacial score (nSPS) is 13.6. The molecule has 54 heavy (non-hydrogen) atoms. The lowest BCUT2D eigenvalue weighted by Gasteiger charge is -2.21. The minimum Gasteiger partial charge on any atom is -0.466 e. The van der Waals surface area contributed by atoms with Gasteiger partial charge in [0.15, 0.2) is 0 Å². The molecule has 0 heterocycles. The van der Waals surface area contributed by atoms with Crippen LogP contribution in [0.3, 0.4) is 0 Å². The Balaban J connectivity index is 4.25. The number of carbonyl (C=O) groups excluding carboxylic acids is 3. The minimum absolute atomic E-state index is 0.000859. The van der Waals surface area contributed by atoms with Crippen LogP contribution < -0.4 is 0 Å². The molecule has 0 amide bonds. The van der Waals surface area contributed by atoms with Gasteiger partial charge in [-0.05, 0) is 127 Å². The lowest BCUT2D eigenvalue weighted by atomic mass is 9.86. The summed E-state index contributed by atoms with van der Waals surface area (Å²) in [6.07, 6.45) is 23.9. The number of ether oxygens (including phenoxy) is 3. The fourth-order valence-corrected chi connectivity index (χ4v) is 7.25. The summed E-state index contributed by atoms with van der Waals surface area (Å²) in [5.41, 5.74) is 0. The Kier molecular flexibility index (Phi) is 33.6. The smallest absolute Gasteiger partial charge is 0.306 e. The van der Waals surface area contributed by atoms with E-state index in [0.29, 0.717) is 62.1 Å². The molecule has 0 aromatic heterocycles. The van der Waals surface area contributed by atoms with E-state index in [0.717, 1.165) is 109 Å². The molecule has 0 saturated carbocycles. The fourth-order valence-electron chi connectivity index (χ4n) is 7.25. The van der Waals surface area contributed by atoms with Gasteiger partial charge in [0.1, 0.15) is 6.10 Å². The third-order valence-electron chi connectivity index (χ3n) is 11.2. The molecule has 0 bridgehead atoms. The molecule has 0 rings (SSSR count). The highest BCUT2D eigenvalue weighted by atomic mass is 16.5. The number of rotatable bonds is 37. The van der Waals surface area contributed by atoms with Crippen molar-refractivity contribution in [3.05, 3.63) is 0 Å². The molecule has 0 saturated heterocycles. The Bertz CT molecular complexity index is 901. The summed E-state index contributed by atoms with van der Waals surface area (Å²) >= 11 is 0. The van der Waals surface area contributed by atoms with Crippen molar-refractivity contribution in [2.24, 2.45) is 35.5 Å². The monoisotopic (exact) mass is 766 g/mol. The summed E-state index contributed by atoms with van der Waals surface area (Å²) < 4.78 is 17.1. The molecule has 7 heteroatoms. The molecule has 0 radical (unpaired) electrons. The standard InChI is InChI=1S/C47H91NO6/c1-38(2)29-31-42(40(5)6)33-36-52-45(49)26-21-17-13-11-12-15-19-24-44(54-47(51)28-23-35-48(9)10)25-20-16-14-18-22-27-46(50)53-37-34-43(41(7)8)32-30-39(3)4/h38-44H,11-37H2,1-10H3. The summed E-state index contributed by atoms with van der Waals surface area (Å²) in [6.45, 7) is 20.2. The number of nitrogens with zero attached hydrogens (tertiary/aromatic N) is 1. The summed E-state index contributed by atoms with van der Waals surface area (Å²) in [4.78, 5) is 39.2. The van der Waals surface area contributed by atoms with Crippen LogP contribution in [-0.4, -0.2) is 62.8 Å². The van der Waals surface area contributed by atoms with Crippen LogP contribution in [0.15, 0.2) is 0 Å². The van der Waals surface area contributed by atoms with Gasteiger partial charge in [-0.15, -0.1) is 0 Å². The molecule has 0 aromatic carbocycles. The van der Waals surface area contributed by atoms with Crippen LogP contribution in [0.1, 0.15) is 209 Å². The average molecular weight is 766 g/mol. The van der Waals surface area contributed by atoms with Crippen molar-refractivity contribution in [3.8, 4) is 0 Å². The first-order valence-electron chi connectivity index (χ1n) is 22.9. The van der Waals surface area contributed by atoms with Gasteiger partial charge in [0.2, 0.25) is 0 Å². The van der Waals surface area contributed by atoms with Crippen molar-refractivity contribution >= 4 is 17.9 Å². The highest BCUT2D eigenvalue weighted by molar-refractivity contribution is 5.70. The van der Waals surface area contributed by atoms with E-state index in [-0.39, 0.29) is 24.0 Å². The van der Waals surface area contributed by atoms with Gasteiger partial charge < -0.3 is 19.1 Å². The second-order valence-corrected chi connectivity index (χ2v) is 18.3. The zero-order valence-electron chi connectivity index (χ0n) is 37.5. The van der Waals surface area contributed by atoms with Crippen molar-refractivity contribution in [3.63, 3.8) is 0 Å². The van der Waals surface area contributed by atoms with Crippen molar-refractivity contribution in [1.82, 2.24) is 4.90 Å². The molecule has 0 aliphatic rings. The molecule has 3 unspecified atom stereocenters. The Morgan fingerprint density at radius 2 is 0.796 bits per heavy atom. The van der Waals surface area contributed by atoms with Gasteiger partial charge in [-0.2, -0.15) is 0 Å². The van der Waals surface area contributed by atoms with Crippen molar-refractivity contribution in [2.75, 3.05) is 33.9 Å². The van der Waals surface area contributed by atoms with Crippen LogP contribution in [-0.2, 0) is 28.6 Å². The summed E-state index contributed by atoms with van der Waals surface area (Å²) in [6, 6.07) is 0. The van der Waals surface area contributed by atoms with Crippen LogP contribution in [0.2, 0.25) is 0 Å². The number of carbonyl (C=O) groups is 3. The quantitative estimate of drug-likeness (QED) is 0.0354. The minimum atomic E-state index is -0.0654. The molecular formula is C47H91NO6. The van der Waals surface area contributed by atoms with Gasteiger partial charge in [-0.1, -0.05) is 120 Å². The van der Waals surface area contributed by atoms with Crippen molar-refractivity contribution in [2.45, 2.75) is 216 Å². The second-order valence-electron chi connectivity index (χ2n) is 18.3. The highest BCUT2D eigenvalue weighted by Crippen LogP contribution is 2.25. The molecular weight excluding hydrogens is 675 g/mol. The van der Waals surface area contributed by atoms with Gasteiger partial charge in [-0.25, -0.2) is 0 Å². The fraction of sp³-hybridized carbons (Fsp3) is 0.936. The van der Waals surface area contributed by atoms with Gasteiger partial charge in [-0.3, -0.25) is 14.4 Å². The van der Waals surface area contributed by atoms with E-state index >= 15 is 0 Å².